The zero-order valence-electron chi connectivity index (χ0n) is 85.1. The summed E-state index contributed by atoms with van der Waals surface area (Å²) in [6.45, 7) is 47.4. The van der Waals surface area contributed by atoms with E-state index in [4.69, 9.17) is 84.5 Å². The van der Waals surface area contributed by atoms with Crippen LogP contribution in [-0.2, 0) is 68.9 Å². The number of aryl methyl sites for hydroxylation is 4. The number of aromatic amines is 2. The van der Waals surface area contributed by atoms with Crippen LogP contribution >= 0.6 is 11.8 Å². The number of amides is 2. The number of nitrogens with zero attached hydrogens (tertiary/aromatic N) is 25. The van der Waals surface area contributed by atoms with Gasteiger partial charge in [-0.15, -0.1) is 11.8 Å². The molecular formula is C90H140N28O22S. The van der Waals surface area contributed by atoms with Gasteiger partial charge in [-0.2, -0.15) is 4.98 Å². The second-order valence-electron chi connectivity index (χ2n) is 39.2. The molecule has 5 aromatic heterocycles. The van der Waals surface area contributed by atoms with Crippen molar-refractivity contribution in [3.63, 3.8) is 0 Å². The lowest BCUT2D eigenvalue weighted by atomic mass is 10.1. The molecule has 3 N–H and O–H groups in total. The van der Waals surface area contributed by atoms with Crippen LogP contribution < -0.4 is 60.9 Å². The normalized spacial score (nSPS) is 24.1. The smallest absolute Gasteiger partial charge is 0.351 e. The molecule has 0 aromatic carbocycles. The number of nitrogens with one attached hydrogen (secondary N) is 3. The van der Waals surface area contributed by atoms with Crippen LogP contribution in [0.1, 0.15) is 216 Å². The fraction of sp³-hybridized carbons (Fsp3) is 0.722. The molecule has 0 radical (unpaired) electrons. The minimum Gasteiger partial charge on any atom is -0.381 e. The van der Waals surface area contributed by atoms with Crippen molar-refractivity contribution in [2.45, 2.75) is 317 Å². The summed E-state index contributed by atoms with van der Waals surface area (Å²) in [4.78, 5) is 148. The zero-order chi connectivity index (χ0) is 105. The number of ether oxygens (including phenoxy) is 12. The fourth-order valence-corrected chi connectivity index (χ4v) is 16.2. The first-order chi connectivity index (χ1) is 66.4. The Kier molecular flexibility index (Phi) is 44.8. The molecule has 51 heteroatoms. The minimum absolute atomic E-state index is 0.0135. The van der Waals surface area contributed by atoms with Gasteiger partial charge in [0.1, 0.15) is 48.6 Å². The van der Waals surface area contributed by atoms with Gasteiger partial charge in [-0.05, 0) is 160 Å². The van der Waals surface area contributed by atoms with Crippen LogP contribution in [0.3, 0.4) is 0 Å². The highest BCUT2D eigenvalue weighted by molar-refractivity contribution is 8.00. The Bertz CT molecular complexity index is 5910. The monoisotopic (exact) mass is 2000 g/mol. The Hall–Kier alpha value is -11.4. The van der Waals surface area contributed by atoms with E-state index in [1.165, 1.54) is 61.7 Å². The number of unbranched alkanes of at least 4 members (excludes halogenated alkanes) is 1. The first-order valence-electron chi connectivity index (χ1n) is 46.7. The molecule has 6 fully saturated rings. The Morgan fingerprint density at radius 3 is 1.30 bits per heavy atom. The summed E-state index contributed by atoms with van der Waals surface area (Å²) in [6, 6.07) is -0.580. The van der Waals surface area contributed by atoms with Gasteiger partial charge in [0, 0.05) is 181 Å². The molecule has 5 aromatic rings. The third-order valence-electron chi connectivity index (χ3n) is 22.4. The number of azide groups is 5. The molecule has 0 spiro atoms. The third kappa shape index (κ3) is 34.4. The summed E-state index contributed by atoms with van der Waals surface area (Å²) in [6.07, 6.45) is 7.90. The Morgan fingerprint density at radius 2 is 0.915 bits per heavy atom. The lowest BCUT2D eigenvalue weighted by Gasteiger charge is -2.30. The van der Waals surface area contributed by atoms with Crippen molar-refractivity contribution < 1.29 is 61.6 Å². The number of carbonyl (C=O) groups is 1. The molecule has 12 rings (SSSR count). The molecule has 0 saturated carbocycles. The van der Waals surface area contributed by atoms with Gasteiger partial charge in [0.2, 0.25) is 0 Å². The molecule has 778 valence electrons. The van der Waals surface area contributed by atoms with E-state index in [9.17, 15) is 47.9 Å². The lowest BCUT2D eigenvalue weighted by Crippen LogP contribution is -2.49. The second-order valence-corrected chi connectivity index (χ2v) is 40.4. The van der Waals surface area contributed by atoms with E-state index in [2.05, 4.69) is 97.7 Å². The molecule has 7 aliphatic rings. The van der Waals surface area contributed by atoms with Crippen LogP contribution in [0.15, 0.2) is 130 Å². The topological polar surface area (TPSA) is 623 Å². The van der Waals surface area contributed by atoms with Gasteiger partial charge in [0.15, 0.2) is 0 Å². The maximum absolute atomic E-state index is 13.0. The molecule has 0 aliphatic carbocycles. The van der Waals surface area contributed by atoms with Gasteiger partial charge in [-0.1, -0.05) is 87.0 Å². The average Bonchev–Trinajstić information content (AvgIpc) is 1.71. The van der Waals surface area contributed by atoms with Gasteiger partial charge in [0.05, 0.1) is 112 Å². The van der Waals surface area contributed by atoms with Crippen molar-refractivity contribution >= 4 is 23.6 Å². The predicted molar refractivity (Wildman–Crippen MR) is 526 cm³/mol. The number of thioether (sulfide) groups is 1. The maximum atomic E-state index is 13.0. The molecule has 17 atom stereocenters. The SMILES string of the molecule is C=C1NC(=O)N([C@H]2CC(N=[N+]=[N-])[C@@H](COCC(C)C)O2)C=C1C.CCCCOC[C@H]1O[C@@H](n2cc(C)c(=O)[nH]c2=O)CC1N=[N+]=[N-].COC[C@H]1O[C@@H](n2ccc(N(C)C)nc2=O)CS1.Cc1cn([C@H]2CC(N=[N+]=[N-])[C@@H](COC(C)(C)C)O2)c(=O)[nH]c1=O.Cc1cn([C@H]2CC(N=[N+]=[N-])[C@@H](COC(C)(C)C)O2)c(=O)n(C(C)(C)C)c1=O.Cc1cn([C@H]2CC(N=[N+]=[N-])[C@@H](COCC(C)C)O2)c(=O)n(CC(C)C)c1=O. The summed E-state index contributed by atoms with van der Waals surface area (Å²) in [5.41, 5.74) is 41.9. The van der Waals surface area contributed by atoms with Crippen molar-refractivity contribution in [2.24, 2.45) is 43.3 Å². The van der Waals surface area contributed by atoms with Gasteiger partial charge in [0.25, 0.3) is 22.2 Å². The summed E-state index contributed by atoms with van der Waals surface area (Å²) in [5, 5.41) is 21.6. The molecular weight excluding hydrogens is 1860 g/mol. The number of aromatic nitrogens is 10. The lowest BCUT2D eigenvalue weighted by molar-refractivity contribution is -0.0859. The summed E-state index contributed by atoms with van der Waals surface area (Å²) in [5.74, 6) is 2.33. The van der Waals surface area contributed by atoms with Crippen LogP contribution in [0.2, 0.25) is 0 Å². The summed E-state index contributed by atoms with van der Waals surface area (Å²) >= 11 is 1.64. The van der Waals surface area contributed by atoms with Crippen LogP contribution in [0, 0.1) is 45.4 Å². The molecule has 141 heavy (non-hydrogen) atoms. The van der Waals surface area contributed by atoms with E-state index in [0.29, 0.717) is 124 Å². The second kappa shape index (κ2) is 54.2. The number of urea groups is 1. The molecule has 6 saturated heterocycles. The summed E-state index contributed by atoms with van der Waals surface area (Å²) in [7, 11) is 5.34. The number of anilines is 1. The number of hydrogen-bond donors (Lipinski definition) is 3. The van der Waals surface area contributed by atoms with E-state index >= 15 is 0 Å². The number of carbonyl (C=O) groups excluding carboxylic acids is 1. The Balaban J connectivity index is 0.000000231. The van der Waals surface area contributed by atoms with Gasteiger partial charge < -0.3 is 67.1 Å². The molecule has 0 bridgehead atoms. The first-order valence-corrected chi connectivity index (χ1v) is 47.8. The molecule has 5 unspecified atom stereocenters. The van der Waals surface area contributed by atoms with Gasteiger partial charge in [-0.3, -0.25) is 66.0 Å². The average molecular weight is 2000 g/mol. The van der Waals surface area contributed by atoms with Crippen molar-refractivity contribution in [3.8, 4) is 0 Å². The van der Waals surface area contributed by atoms with E-state index < -0.39 is 119 Å². The Morgan fingerprint density at radius 1 is 0.518 bits per heavy atom. The van der Waals surface area contributed by atoms with Crippen molar-refractivity contribution in [1.82, 2.24) is 57.1 Å². The van der Waals surface area contributed by atoms with E-state index in [1.54, 1.807) is 90.7 Å². The van der Waals surface area contributed by atoms with Crippen molar-refractivity contribution in [2.75, 3.05) is 91.3 Å². The molecule has 2 amide bonds. The minimum atomic E-state index is -0.667. The first kappa shape index (κ1) is 117. The fourth-order valence-electron chi connectivity index (χ4n) is 15.2. The van der Waals surface area contributed by atoms with Crippen molar-refractivity contribution in [3.05, 3.63) is 229 Å². The standard InChI is InChI=1S/2C18H29N5O4.C15H23N5O3.2C14H21N5O4.C11H17N3O3S/c1-11-9-22(16(25)23(15(11)24)17(2,3)4)14-8-12(20-21-19)13(27-14)10-26-18(5,6)7;1-11(2)7-23-17(24)13(5)8-22(18(23)25)16-6-14(20-21-19)15(27-16)10-26-9-12(3)4;1-9(2)7-22-8-13-12(18-19-16)5-14(23-13)20-6-10(3)11(4)17-15(20)21;1-8-6-19(13(21)16-12(8)20)11-5-9(17-18-15)10(23-11)7-22-14(2,3)4;1-3-4-5-22-8-11-10(17-18-15)6-12(23-11)19-7-9(2)13(20)16-14(19)21;1-13(2)8-4-5-14(11(15)12-8)9-7-18-10(17-9)6-16-3/h9,12-14H,8,10H2,1-7H3;8,11-12,14-16H,6-7,9-10H2,1-5H3;6,9,12-14H,4-5,7-8H2,1-3H3,(H,17,21);6,9-11H,5,7H2,1-4H3,(H,16,20,21);7,10-12H,3-6,8H2,1-2H3,(H,16,20,21);4-5,9-10H,6-7H2,1-3H3/t12?,13-,14-;14?,15-,16-;12?,13-,14-;9?,10-,11-;10?,11-,12-;9-,10+/m111111/s1. The number of allylic oxidation sites excluding steroid dienone is 1. The van der Waals surface area contributed by atoms with Gasteiger partial charge >= 0.3 is 34.5 Å². The predicted octanol–water partition coefficient (Wildman–Crippen LogP) is 12.2. The van der Waals surface area contributed by atoms with E-state index in [1.807, 2.05) is 90.3 Å². The van der Waals surface area contributed by atoms with E-state index in [-0.39, 0.29) is 83.6 Å². The number of H-pyrrole nitrogens is 2. The quantitative estimate of drug-likeness (QED) is 0.0152. The molecule has 50 nitrogen and oxygen atoms in total. The number of hydrogen-bond acceptors (Lipinski definition) is 30. The highest BCUT2D eigenvalue weighted by Gasteiger charge is 2.44. The number of methoxy groups -OCH3 is 1. The van der Waals surface area contributed by atoms with E-state index in [0.717, 1.165) is 24.2 Å². The van der Waals surface area contributed by atoms with Crippen LogP contribution in [-0.4, -0.2) is 228 Å². The zero-order valence-corrected chi connectivity index (χ0v) is 85.9. The van der Waals surface area contributed by atoms with Crippen LogP contribution in [0.25, 0.3) is 52.2 Å². The third-order valence-corrected chi connectivity index (χ3v) is 23.5. The number of rotatable bonds is 33. The maximum Gasteiger partial charge on any atom is 0.351 e. The van der Waals surface area contributed by atoms with Gasteiger partial charge in [-0.25, -0.2) is 28.8 Å². The largest absolute Gasteiger partial charge is 0.381 e. The van der Waals surface area contributed by atoms with Crippen molar-refractivity contribution in [1.29, 1.82) is 0 Å². The molecule has 12 heterocycles. The molecule has 7 aliphatic heterocycles. The summed E-state index contributed by atoms with van der Waals surface area (Å²) < 4.78 is 78.0. The highest BCUT2D eigenvalue weighted by atomic mass is 32.2. The highest BCUT2D eigenvalue weighted by Crippen LogP contribution is 2.37. The van der Waals surface area contributed by atoms with Crippen LogP contribution in [0.4, 0.5) is 10.6 Å². The van der Waals surface area contributed by atoms with Crippen LogP contribution in [0.5, 0.6) is 0 Å². The Labute approximate surface area is 819 Å².